The minimum atomic E-state index is -1.22. The predicted octanol–water partition coefficient (Wildman–Crippen LogP) is -0.833. The molecule has 1 atom stereocenters. The number of hydrogen-bond donors (Lipinski definition) is 4. The van der Waals surface area contributed by atoms with Crippen molar-refractivity contribution in [1.29, 1.82) is 0 Å². The summed E-state index contributed by atoms with van der Waals surface area (Å²) in [6, 6.07) is -1.15. The quantitative estimate of drug-likeness (QED) is 0.524. The Bertz CT molecular complexity index is 468. The van der Waals surface area contributed by atoms with E-state index < -0.39 is 23.8 Å². The van der Waals surface area contributed by atoms with Crippen LogP contribution in [-0.4, -0.2) is 39.1 Å². The van der Waals surface area contributed by atoms with E-state index in [0.717, 1.165) is 0 Å². The standard InChI is InChI=1S/C10H14N4O4/c1-5-6(4-12-14-5)9(16)13-7(10(17)18)2-3-8(11)15/h4,7H,2-3H2,1H3,(H2,11,15)(H,12,14)(H,13,16)(H,17,18)/t7-/m0/s1. The normalized spacial score (nSPS) is 11.8. The fourth-order valence-corrected chi connectivity index (χ4v) is 1.36. The maximum absolute atomic E-state index is 11.7. The highest BCUT2D eigenvalue weighted by Crippen LogP contribution is 2.04. The van der Waals surface area contributed by atoms with Crippen LogP contribution < -0.4 is 11.1 Å². The van der Waals surface area contributed by atoms with Gasteiger partial charge in [0.15, 0.2) is 0 Å². The van der Waals surface area contributed by atoms with Crippen molar-refractivity contribution in [1.82, 2.24) is 15.5 Å². The van der Waals surface area contributed by atoms with Gasteiger partial charge in [-0.3, -0.25) is 14.7 Å². The lowest BCUT2D eigenvalue weighted by Gasteiger charge is -2.13. The predicted molar refractivity (Wildman–Crippen MR) is 60.6 cm³/mol. The van der Waals surface area contributed by atoms with Crippen molar-refractivity contribution < 1.29 is 19.5 Å². The van der Waals surface area contributed by atoms with Gasteiger partial charge in [-0.05, 0) is 13.3 Å². The van der Waals surface area contributed by atoms with Crippen LogP contribution in [-0.2, 0) is 9.59 Å². The monoisotopic (exact) mass is 254 g/mol. The number of nitrogens with two attached hydrogens (primary N) is 1. The van der Waals surface area contributed by atoms with Gasteiger partial charge in [-0.2, -0.15) is 5.10 Å². The molecule has 8 nitrogen and oxygen atoms in total. The summed E-state index contributed by atoms with van der Waals surface area (Å²) in [6.07, 6.45) is 1.15. The van der Waals surface area contributed by atoms with E-state index in [1.807, 2.05) is 0 Å². The molecule has 0 spiro atoms. The number of aliphatic carboxylic acids is 1. The molecular weight excluding hydrogens is 240 g/mol. The molecule has 0 aliphatic heterocycles. The first kappa shape index (κ1) is 13.7. The molecule has 1 heterocycles. The Hall–Kier alpha value is -2.38. The highest BCUT2D eigenvalue weighted by atomic mass is 16.4. The summed E-state index contributed by atoms with van der Waals surface area (Å²) in [5.41, 5.74) is 5.73. The number of nitrogens with one attached hydrogen (secondary N) is 2. The second kappa shape index (κ2) is 5.80. The minimum absolute atomic E-state index is 0.0483. The number of carboxylic acids is 1. The van der Waals surface area contributed by atoms with Crippen molar-refractivity contribution in [3.8, 4) is 0 Å². The molecule has 18 heavy (non-hydrogen) atoms. The lowest BCUT2D eigenvalue weighted by molar-refractivity contribution is -0.139. The molecule has 0 radical (unpaired) electrons. The van der Waals surface area contributed by atoms with Crippen LogP contribution in [0.4, 0.5) is 0 Å². The van der Waals surface area contributed by atoms with Crippen molar-refractivity contribution in [3.05, 3.63) is 17.5 Å². The lowest BCUT2D eigenvalue weighted by Crippen LogP contribution is -2.41. The largest absolute Gasteiger partial charge is 0.480 e. The molecule has 0 bridgehead atoms. The molecule has 0 saturated carbocycles. The summed E-state index contributed by atoms with van der Waals surface area (Å²) in [4.78, 5) is 33.2. The fourth-order valence-electron chi connectivity index (χ4n) is 1.36. The Labute approximate surface area is 103 Å². The van der Waals surface area contributed by atoms with Crippen LogP contribution in [0.5, 0.6) is 0 Å². The van der Waals surface area contributed by atoms with Crippen LogP contribution >= 0.6 is 0 Å². The number of carboxylic acid groups (broad SMARTS) is 1. The van der Waals surface area contributed by atoms with E-state index in [9.17, 15) is 14.4 Å². The number of aromatic nitrogens is 2. The van der Waals surface area contributed by atoms with Gasteiger partial charge in [0.1, 0.15) is 6.04 Å². The van der Waals surface area contributed by atoms with Crippen molar-refractivity contribution in [2.45, 2.75) is 25.8 Å². The minimum Gasteiger partial charge on any atom is -0.480 e. The van der Waals surface area contributed by atoms with E-state index in [4.69, 9.17) is 10.8 Å². The van der Waals surface area contributed by atoms with Gasteiger partial charge in [0, 0.05) is 12.1 Å². The first-order chi connectivity index (χ1) is 8.41. The lowest BCUT2D eigenvalue weighted by atomic mass is 10.1. The van der Waals surface area contributed by atoms with Gasteiger partial charge in [-0.15, -0.1) is 0 Å². The van der Waals surface area contributed by atoms with Crippen LogP contribution in [0, 0.1) is 6.92 Å². The van der Waals surface area contributed by atoms with Crippen molar-refractivity contribution in [3.63, 3.8) is 0 Å². The van der Waals surface area contributed by atoms with Crippen LogP contribution in [0.15, 0.2) is 6.20 Å². The van der Waals surface area contributed by atoms with Crippen LogP contribution in [0.3, 0.4) is 0 Å². The van der Waals surface area contributed by atoms with E-state index in [0.29, 0.717) is 5.69 Å². The smallest absolute Gasteiger partial charge is 0.326 e. The van der Waals surface area contributed by atoms with Gasteiger partial charge in [0.05, 0.1) is 11.8 Å². The van der Waals surface area contributed by atoms with Gasteiger partial charge >= 0.3 is 5.97 Å². The Balaban J connectivity index is 2.67. The van der Waals surface area contributed by atoms with Gasteiger partial charge in [0.25, 0.3) is 5.91 Å². The number of H-pyrrole nitrogens is 1. The highest BCUT2D eigenvalue weighted by molar-refractivity contribution is 5.97. The second-order valence-corrected chi connectivity index (χ2v) is 3.78. The summed E-state index contributed by atoms with van der Waals surface area (Å²) in [5.74, 6) is -2.39. The number of hydrogen-bond acceptors (Lipinski definition) is 4. The zero-order valence-electron chi connectivity index (χ0n) is 9.77. The third-order valence-electron chi connectivity index (χ3n) is 2.36. The van der Waals surface area contributed by atoms with Gasteiger partial charge in [0.2, 0.25) is 5.91 Å². The molecule has 0 fully saturated rings. The number of aromatic amines is 1. The number of amides is 2. The van der Waals surface area contributed by atoms with Crippen LogP contribution in [0.1, 0.15) is 28.9 Å². The number of carbonyl (C=O) groups excluding carboxylic acids is 2. The SMILES string of the molecule is Cc1[nH]ncc1C(=O)N[C@@H](CCC(N)=O)C(=O)O. The average Bonchev–Trinajstić information content (AvgIpc) is 2.69. The first-order valence-electron chi connectivity index (χ1n) is 5.23. The van der Waals surface area contributed by atoms with Gasteiger partial charge in [-0.1, -0.05) is 0 Å². The summed E-state index contributed by atoms with van der Waals surface area (Å²) in [5, 5.41) is 17.5. The summed E-state index contributed by atoms with van der Waals surface area (Å²) in [6.45, 7) is 1.64. The molecular formula is C10H14N4O4. The number of aryl methyl sites for hydroxylation is 1. The molecule has 0 unspecified atom stereocenters. The van der Waals surface area contributed by atoms with E-state index in [1.54, 1.807) is 6.92 Å². The third-order valence-corrected chi connectivity index (χ3v) is 2.36. The zero-order valence-corrected chi connectivity index (χ0v) is 9.77. The van der Waals surface area contributed by atoms with Crippen molar-refractivity contribution in [2.24, 2.45) is 5.73 Å². The molecule has 1 rings (SSSR count). The topological polar surface area (TPSA) is 138 Å². The van der Waals surface area contributed by atoms with Crippen LogP contribution in [0.25, 0.3) is 0 Å². The molecule has 98 valence electrons. The first-order valence-corrected chi connectivity index (χ1v) is 5.23. The summed E-state index contributed by atoms with van der Waals surface area (Å²) in [7, 11) is 0. The maximum Gasteiger partial charge on any atom is 0.326 e. The van der Waals surface area contributed by atoms with Gasteiger partial charge in [-0.25, -0.2) is 4.79 Å². The number of primary amides is 1. The second-order valence-electron chi connectivity index (χ2n) is 3.78. The molecule has 0 aliphatic carbocycles. The number of rotatable bonds is 6. The molecule has 0 aliphatic rings. The van der Waals surface area contributed by atoms with Crippen molar-refractivity contribution >= 4 is 17.8 Å². The number of nitrogens with zero attached hydrogens (tertiary/aromatic N) is 1. The molecule has 0 aromatic carbocycles. The Morgan fingerprint density at radius 3 is 2.67 bits per heavy atom. The highest BCUT2D eigenvalue weighted by Gasteiger charge is 2.22. The average molecular weight is 254 g/mol. The fraction of sp³-hybridized carbons (Fsp3) is 0.400. The summed E-state index contributed by atoms with van der Waals surface area (Å²) < 4.78 is 0. The van der Waals surface area contributed by atoms with Crippen LogP contribution in [0.2, 0.25) is 0 Å². The Kier molecular flexibility index (Phi) is 4.41. The van der Waals surface area contributed by atoms with Gasteiger partial charge < -0.3 is 16.2 Å². The third kappa shape index (κ3) is 3.58. The van der Waals surface area contributed by atoms with E-state index in [2.05, 4.69) is 15.5 Å². The summed E-state index contributed by atoms with van der Waals surface area (Å²) >= 11 is 0. The van der Waals surface area contributed by atoms with E-state index in [-0.39, 0.29) is 18.4 Å². The van der Waals surface area contributed by atoms with E-state index >= 15 is 0 Å². The molecule has 1 aromatic heterocycles. The molecule has 0 saturated heterocycles. The zero-order chi connectivity index (χ0) is 13.7. The van der Waals surface area contributed by atoms with Crippen molar-refractivity contribution in [2.75, 3.05) is 0 Å². The maximum atomic E-state index is 11.7. The molecule has 5 N–H and O–H groups in total. The van der Waals surface area contributed by atoms with E-state index in [1.165, 1.54) is 6.20 Å². The molecule has 1 aromatic rings. The number of carbonyl (C=O) groups is 3. The molecule has 8 heteroatoms. The Morgan fingerprint density at radius 1 is 1.56 bits per heavy atom. The molecule has 2 amide bonds. The Morgan fingerprint density at radius 2 is 2.22 bits per heavy atom.